The van der Waals surface area contributed by atoms with Gasteiger partial charge in [-0.05, 0) is 56.5 Å². The van der Waals surface area contributed by atoms with Crippen molar-refractivity contribution in [2.45, 2.75) is 33.1 Å². The molecule has 1 heterocycles. The summed E-state index contributed by atoms with van der Waals surface area (Å²) in [5.41, 5.74) is 3.74. The van der Waals surface area contributed by atoms with E-state index in [-0.39, 0.29) is 5.92 Å². The first-order chi connectivity index (χ1) is 8.16. The SMILES string of the molecule is Cc1ccc(CC(=O)C2CCNCC2)cc1C. The van der Waals surface area contributed by atoms with Gasteiger partial charge in [0.1, 0.15) is 5.78 Å². The van der Waals surface area contributed by atoms with Crippen molar-refractivity contribution in [2.75, 3.05) is 13.1 Å². The van der Waals surface area contributed by atoms with Crippen molar-refractivity contribution in [3.05, 3.63) is 34.9 Å². The minimum absolute atomic E-state index is 0.276. The molecule has 17 heavy (non-hydrogen) atoms. The molecule has 0 spiro atoms. The Morgan fingerprint density at radius 2 is 1.94 bits per heavy atom. The fourth-order valence-electron chi connectivity index (χ4n) is 2.40. The van der Waals surface area contributed by atoms with Crippen LogP contribution >= 0.6 is 0 Å². The number of hydrogen-bond acceptors (Lipinski definition) is 2. The summed E-state index contributed by atoms with van der Waals surface area (Å²) in [5, 5.41) is 3.30. The first kappa shape index (κ1) is 12.3. The second kappa shape index (κ2) is 5.46. The Morgan fingerprint density at radius 1 is 1.24 bits per heavy atom. The molecule has 0 unspecified atom stereocenters. The summed E-state index contributed by atoms with van der Waals surface area (Å²) in [6.07, 6.45) is 2.61. The molecule has 0 bridgehead atoms. The van der Waals surface area contributed by atoms with E-state index in [2.05, 4.69) is 37.4 Å². The molecule has 1 aliphatic rings. The quantitative estimate of drug-likeness (QED) is 0.865. The van der Waals surface area contributed by atoms with Gasteiger partial charge in [-0.3, -0.25) is 4.79 Å². The predicted octanol–water partition coefficient (Wildman–Crippen LogP) is 2.41. The average molecular weight is 231 g/mol. The van der Waals surface area contributed by atoms with Gasteiger partial charge in [-0.15, -0.1) is 0 Å². The van der Waals surface area contributed by atoms with Crippen LogP contribution in [0.2, 0.25) is 0 Å². The van der Waals surface area contributed by atoms with Crippen LogP contribution in [0.3, 0.4) is 0 Å². The molecule has 1 aliphatic heterocycles. The number of carbonyl (C=O) groups is 1. The molecule has 2 nitrogen and oxygen atoms in total. The predicted molar refractivity (Wildman–Crippen MR) is 70.2 cm³/mol. The number of ketones is 1. The maximum Gasteiger partial charge on any atom is 0.140 e. The summed E-state index contributed by atoms with van der Waals surface area (Å²) in [4.78, 5) is 12.1. The number of aryl methyl sites for hydroxylation is 2. The standard InChI is InChI=1S/C15H21NO/c1-11-3-4-13(9-12(11)2)10-15(17)14-5-7-16-8-6-14/h3-4,9,14,16H,5-8,10H2,1-2H3. The van der Waals surface area contributed by atoms with E-state index >= 15 is 0 Å². The van der Waals surface area contributed by atoms with E-state index < -0.39 is 0 Å². The number of piperidine rings is 1. The van der Waals surface area contributed by atoms with E-state index in [1.807, 2.05) is 0 Å². The van der Waals surface area contributed by atoms with Crippen LogP contribution in [0.15, 0.2) is 18.2 Å². The number of Topliss-reactive ketones (excluding diaryl/α,β-unsaturated/α-hetero) is 1. The number of rotatable bonds is 3. The molecule has 0 amide bonds. The van der Waals surface area contributed by atoms with Crippen LogP contribution in [-0.2, 0) is 11.2 Å². The Labute approximate surface area is 103 Å². The number of carbonyl (C=O) groups excluding carboxylic acids is 1. The molecule has 1 aromatic rings. The van der Waals surface area contributed by atoms with Crippen LogP contribution in [-0.4, -0.2) is 18.9 Å². The molecular formula is C15H21NO. The first-order valence-corrected chi connectivity index (χ1v) is 6.46. The van der Waals surface area contributed by atoms with Crippen molar-refractivity contribution in [1.29, 1.82) is 0 Å². The zero-order valence-electron chi connectivity index (χ0n) is 10.8. The molecule has 2 rings (SSSR count). The van der Waals surface area contributed by atoms with Gasteiger partial charge in [0.25, 0.3) is 0 Å². The molecule has 1 fully saturated rings. The van der Waals surface area contributed by atoms with Gasteiger partial charge in [-0.1, -0.05) is 18.2 Å². The van der Waals surface area contributed by atoms with Crippen molar-refractivity contribution in [1.82, 2.24) is 5.32 Å². The van der Waals surface area contributed by atoms with Crippen LogP contribution in [0.1, 0.15) is 29.5 Å². The van der Waals surface area contributed by atoms with Crippen LogP contribution in [0.4, 0.5) is 0 Å². The largest absolute Gasteiger partial charge is 0.317 e. The van der Waals surface area contributed by atoms with Gasteiger partial charge in [0.05, 0.1) is 0 Å². The number of benzene rings is 1. The van der Waals surface area contributed by atoms with E-state index in [0.29, 0.717) is 12.2 Å². The summed E-state index contributed by atoms with van der Waals surface area (Å²) in [6.45, 7) is 6.19. The fraction of sp³-hybridized carbons (Fsp3) is 0.533. The Hall–Kier alpha value is -1.15. The van der Waals surface area contributed by atoms with E-state index in [1.54, 1.807) is 0 Å². The van der Waals surface area contributed by atoms with E-state index in [0.717, 1.165) is 31.5 Å². The highest BCUT2D eigenvalue weighted by atomic mass is 16.1. The third-order valence-electron chi connectivity index (χ3n) is 3.74. The van der Waals surface area contributed by atoms with Crippen LogP contribution in [0, 0.1) is 19.8 Å². The van der Waals surface area contributed by atoms with Gasteiger partial charge in [0, 0.05) is 12.3 Å². The first-order valence-electron chi connectivity index (χ1n) is 6.46. The molecule has 1 saturated heterocycles. The van der Waals surface area contributed by atoms with Crippen molar-refractivity contribution >= 4 is 5.78 Å². The van der Waals surface area contributed by atoms with Gasteiger partial charge >= 0.3 is 0 Å². The Morgan fingerprint density at radius 3 is 2.59 bits per heavy atom. The van der Waals surface area contributed by atoms with E-state index in [4.69, 9.17) is 0 Å². The van der Waals surface area contributed by atoms with Crippen LogP contribution in [0.5, 0.6) is 0 Å². The summed E-state index contributed by atoms with van der Waals surface area (Å²) >= 11 is 0. The lowest BCUT2D eigenvalue weighted by atomic mass is 9.89. The molecule has 0 aliphatic carbocycles. The normalized spacial score (nSPS) is 17.1. The number of hydrogen-bond donors (Lipinski definition) is 1. The van der Waals surface area contributed by atoms with Gasteiger partial charge in [-0.25, -0.2) is 0 Å². The minimum atomic E-state index is 0.276. The topological polar surface area (TPSA) is 29.1 Å². The molecule has 0 atom stereocenters. The lowest BCUT2D eigenvalue weighted by Crippen LogP contribution is -2.32. The number of nitrogens with one attached hydrogen (secondary N) is 1. The van der Waals surface area contributed by atoms with Gasteiger partial charge < -0.3 is 5.32 Å². The third-order valence-corrected chi connectivity index (χ3v) is 3.74. The van der Waals surface area contributed by atoms with Gasteiger partial charge in [0.2, 0.25) is 0 Å². The Kier molecular flexibility index (Phi) is 3.95. The Balaban J connectivity index is 1.99. The zero-order chi connectivity index (χ0) is 12.3. The van der Waals surface area contributed by atoms with Gasteiger partial charge in [-0.2, -0.15) is 0 Å². The van der Waals surface area contributed by atoms with Crippen molar-refractivity contribution in [2.24, 2.45) is 5.92 Å². The summed E-state index contributed by atoms with van der Waals surface area (Å²) in [6, 6.07) is 6.34. The smallest absolute Gasteiger partial charge is 0.140 e. The Bertz CT molecular complexity index is 405. The maximum absolute atomic E-state index is 12.1. The second-order valence-corrected chi connectivity index (χ2v) is 5.09. The lowest BCUT2D eigenvalue weighted by molar-refractivity contribution is -0.122. The molecule has 92 valence electrons. The molecule has 2 heteroatoms. The fourth-order valence-corrected chi connectivity index (χ4v) is 2.40. The second-order valence-electron chi connectivity index (χ2n) is 5.09. The monoisotopic (exact) mass is 231 g/mol. The van der Waals surface area contributed by atoms with Crippen molar-refractivity contribution in [3.63, 3.8) is 0 Å². The van der Waals surface area contributed by atoms with Crippen molar-refractivity contribution < 1.29 is 4.79 Å². The van der Waals surface area contributed by atoms with Crippen LogP contribution in [0.25, 0.3) is 0 Å². The molecular weight excluding hydrogens is 210 g/mol. The average Bonchev–Trinajstić information content (AvgIpc) is 2.35. The highest BCUT2D eigenvalue weighted by Crippen LogP contribution is 2.17. The molecule has 0 radical (unpaired) electrons. The molecule has 1 N–H and O–H groups in total. The highest BCUT2D eigenvalue weighted by molar-refractivity contribution is 5.83. The van der Waals surface area contributed by atoms with Crippen molar-refractivity contribution in [3.8, 4) is 0 Å². The summed E-state index contributed by atoms with van der Waals surface area (Å²) in [7, 11) is 0. The zero-order valence-corrected chi connectivity index (χ0v) is 10.8. The lowest BCUT2D eigenvalue weighted by Gasteiger charge is -2.21. The summed E-state index contributed by atoms with van der Waals surface area (Å²) < 4.78 is 0. The maximum atomic E-state index is 12.1. The molecule has 1 aromatic carbocycles. The third kappa shape index (κ3) is 3.16. The van der Waals surface area contributed by atoms with Gasteiger partial charge in [0.15, 0.2) is 0 Å². The minimum Gasteiger partial charge on any atom is -0.317 e. The molecule has 0 aromatic heterocycles. The van der Waals surface area contributed by atoms with E-state index in [1.165, 1.54) is 11.1 Å². The summed E-state index contributed by atoms with van der Waals surface area (Å²) in [5.74, 6) is 0.688. The van der Waals surface area contributed by atoms with Crippen LogP contribution < -0.4 is 5.32 Å². The highest BCUT2D eigenvalue weighted by Gasteiger charge is 2.20. The molecule has 0 saturated carbocycles. The van der Waals surface area contributed by atoms with E-state index in [9.17, 15) is 4.79 Å².